The van der Waals surface area contributed by atoms with Gasteiger partial charge in [0.15, 0.2) is 17.6 Å². The van der Waals surface area contributed by atoms with Crippen LogP contribution in [-0.2, 0) is 14.9 Å². The number of aliphatic imine (C=N–C) groups is 1. The zero-order chi connectivity index (χ0) is 38.5. The summed E-state index contributed by atoms with van der Waals surface area (Å²) < 4.78 is 8.33. The number of aryl methyl sites for hydroxylation is 1. The lowest BCUT2D eigenvalue weighted by Crippen LogP contribution is -2.50. The number of rotatable bonds is 7. The average molecular weight is 706 g/mol. The number of hydrogen-bond donors (Lipinski definition) is 1. The highest BCUT2D eigenvalue weighted by Crippen LogP contribution is 2.50. The maximum Gasteiger partial charge on any atom is 0.325 e. The summed E-state index contributed by atoms with van der Waals surface area (Å²) in [5.41, 5.74) is 10.4. The van der Waals surface area contributed by atoms with Crippen LogP contribution < -0.4 is 10.6 Å². The Kier molecular flexibility index (Phi) is 10.6. The van der Waals surface area contributed by atoms with Gasteiger partial charge in [-0.25, -0.2) is 16.5 Å². The molecule has 9 nitrogen and oxygen atoms in total. The summed E-state index contributed by atoms with van der Waals surface area (Å²) in [6, 6.07) is 13.1. The number of hydrogen-bond acceptors (Lipinski definition) is 7. The molecule has 0 bridgehead atoms. The molecule has 52 heavy (non-hydrogen) atoms. The molecule has 4 atom stereocenters. The highest BCUT2D eigenvalue weighted by atomic mass is 16.5. The van der Waals surface area contributed by atoms with Crippen LogP contribution in [0.2, 0.25) is 0 Å². The van der Waals surface area contributed by atoms with Gasteiger partial charge < -0.3 is 20.2 Å². The van der Waals surface area contributed by atoms with E-state index in [-0.39, 0.29) is 34.2 Å². The first-order valence-electron chi connectivity index (χ1n) is 18.7. The van der Waals surface area contributed by atoms with Gasteiger partial charge >= 0.3 is 12.0 Å². The molecular weight excluding hydrogens is 647 g/mol. The maximum atomic E-state index is 14.7. The molecule has 9 heteroatoms. The second kappa shape index (κ2) is 14.2. The number of esters is 1. The third-order valence-corrected chi connectivity index (χ3v) is 11.1. The number of fused-ring (bicyclic) bond motifs is 1. The van der Waals surface area contributed by atoms with Crippen LogP contribution in [0, 0.1) is 42.1 Å². The minimum atomic E-state index is -0.984. The van der Waals surface area contributed by atoms with E-state index in [0.717, 1.165) is 29.7 Å². The molecule has 1 saturated carbocycles. The van der Waals surface area contributed by atoms with Crippen LogP contribution in [0.1, 0.15) is 112 Å². The van der Waals surface area contributed by atoms with Crippen molar-refractivity contribution in [2.75, 3.05) is 11.4 Å². The molecule has 0 amide bonds. The first-order chi connectivity index (χ1) is 24.1. The lowest BCUT2D eigenvalue weighted by molar-refractivity contribution is -0.171. The maximum absolute atomic E-state index is 14.7. The van der Waals surface area contributed by atoms with Gasteiger partial charge in [-0.1, -0.05) is 100 Å². The van der Waals surface area contributed by atoms with E-state index in [2.05, 4.69) is 92.8 Å². The van der Waals surface area contributed by atoms with Crippen molar-refractivity contribution in [1.29, 1.82) is 0 Å². The minimum absolute atomic E-state index is 0.00878. The van der Waals surface area contributed by atoms with Crippen molar-refractivity contribution in [3.8, 4) is 11.4 Å². The van der Waals surface area contributed by atoms with Crippen molar-refractivity contribution in [3.63, 3.8) is 0 Å². The van der Waals surface area contributed by atoms with Crippen LogP contribution in [0.15, 0.2) is 59.9 Å². The summed E-state index contributed by atoms with van der Waals surface area (Å²) in [7, 11) is 0. The van der Waals surface area contributed by atoms with Crippen molar-refractivity contribution >= 4 is 23.2 Å². The van der Waals surface area contributed by atoms with Crippen molar-refractivity contribution in [2.45, 2.75) is 119 Å². The highest BCUT2D eigenvalue weighted by molar-refractivity contribution is 6.02. The molecule has 5 rings (SSSR count). The van der Waals surface area contributed by atoms with Gasteiger partial charge in [0.2, 0.25) is 5.84 Å². The summed E-state index contributed by atoms with van der Waals surface area (Å²) in [4.78, 5) is 30.7. The van der Waals surface area contributed by atoms with E-state index in [1.807, 2.05) is 49.1 Å². The Labute approximate surface area is 311 Å². The predicted molar refractivity (Wildman–Crippen MR) is 211 cm³/mol. The quantitative estimate of drug-likeness (QED) is 0.194. The van der Waals surface area contributed by atoms with Gasteiger partial charge in [0.25, 0.3) is 0 Å². The Hall–Kier alpha value is -4.45. The standard InChI is InChI=1S/C43H59N7O2/c1-15-49(27(4)44)30-20-21-33(26(3)24-30)46-39-35(45-14)34(38-47-37(48-50(38)39)28-16-18-29(19-17-28)41(5,6)7)40(51)52-36-31(42(8,9)10)22-25(2)23-32(36)43(11,12)13/h16-21,24-25,31-32,34-36H,4,15,22-23,44H2,1-3,5-13H3. The number of benzene rings is 2. The average Bonchev–Trinajstić information content (AvgIpc) is 3.59. The molecule has 2 aliphatic rings. The number of nitrogens with zero attached hydrogens (tertiary/aromatic N) is 6. The summed E-state index contributed by atoms with van der Waals surface area (Å²) >= 11 is 0. The lowest BCUT2D eigenvalue weighted by Gasteiger charge is -2.50. The summed E-state index contributed by atoms with van der Waals surface area (Å²) in [5, 5.41) is 4.93. The largest absolute Gasteiger partial charge is 0.461 e. The van der Waals surface area contributed by atoms with Crippen molar-refractivity contribution in [1.82, 2.24) is 14.8 Å². The van der Waals surface area contributed by atoms with Gasteiger partial charge in [0.1, 0.15) is 6.10 Å². The molecular formula is C43H59N7O2. The van der Waals surface area contributed by atoms with E-state index < -0.39 is 17.9 Å². The lowest BCUT2D eigenvalue weighted by atomic mass is 9.59. The van der Waals surface area contributed by atoms with Crippen molar-refractivity contribution in [2.24, 2.45) is 39.3 Å². The molecule has 0 spiro atoms. The van der Waals surface area contributed by atoms with Crippen molar-refractivity contribution < 1.29 is 9.53 Å². The van der Waals surface area contributed by atoms with Gasteiger partial charge in [-0.2, -0.15) is 4.68 Å². The van der Waals surface area contributed by atoms with Crippen LogP contribution in [-0.4, -0.2) is 45.3 Å². The van der Waals surface area contributed by atoms with Crippen molar-refractivity contribution in [3.05, 3.63) is 83.2 Å². The molecule has 2 N–H and O–H groups in total. The number of nitrogens with two attached hydrogens (primary N) is 1. The Bertz CT molecular complexity index is 1850. The monoisotopic (exact) mass is 705 g/mol. The molecule has 0 radical (unpaired) electrons. The first kappa shape index (κ1) is 38.8. The van der Waals surface area contributed by atoms with Gasteiger partial charge in [-0.05, 0) is 78.2 Å². The highest BCUT2D eigenvalue weighted by Gasteiger charge is 2.55. The van der Waals surface area contributed by atoms with Gasteiger partial charge in [0.05, 0.1) is 11.5 Å². The fraction of sp³-hybridized carbons (Fsp3) is 0.558. The topological polar surface area (TPSA) is 103 Å². The zero-order valence-corrected chi connectivity index (χ0v) is 33.4. The normalized spacial score (nSPS) is 24.3. The van der Waals surface area contributed by atoms with E-state index >= 15 is 0 Å². The molecule has 1 fully saturated rings. The number of anilines is 1. The van der Waals surface area contributed by atoms with Crippen LogP contribution in [0.25, 0.3) is 16.2 Å². The Morgan fingerprint density at radius 3 is 2.12 bits per heavy atom. The smallest absolute Gasteiger partial charge is 0.325 e. The van der Waals surface area contributed by atoms with E-state index in [9.17, 15) is 4.79 Å². The van der Waals surface area contributed by atoms with Crippen LogP contribution in [0.4, 0.5) is 11.4 Å². The van der Waals surface area contributed by atoms with E-state index in [1.54, 1.807) is 4.68 Å². The summed E-state index contributed by atoms with van der Waals surface area (Å²) in [5.74, 6) is 1.09. The zero-order valence-electron chi connectivity index (χ0n) is 33.4. The minimum Gasteiger partial charge on any atom is -0.461 e. The second-order valence-corrected chi connectivity index (χ2v) is 18.2. The molecule has 1 aliphatic carbocycles. The van der Waals surface area contributed by atoms with Gasteiger partial charge in [-0.3, -0.25) is 4.79 Å². The predicted octanol–water partition coefficient (Wildman–Crippen LogP) is 9.44. The second-order valence-electron chi connectivity index (χ2n) is 18.2. The summed E-state index contributed by atoms with van der Waals surface area (Å²) in [6.45, 7) is 39.3. The Morgan fingerprint density at radius 2 is 1.63 bits per heavy atom. The Balaban J connectivity index is 1.62. The molecule has 278 valence electrons. The van der Waals surface area contributed by atoms with E-state index in [4.69, 9.17) is 32.1 Å². The number of carbonyl (C=O) groups excluding carboxylic acids is 1. The first-order valence-corrected chi connectivity index (χ1v) is 18.7. The summed E-state index contributed by atoms with van der Waals surface area (Å²) in [6.07, 6.45) is 1.65. The number of ether oxygens (including phenoxy) is 1. The molecule has 2 heterocycles. The fourth-order valence-electron chi connectivity index (χ4n) is 8.02. The van der Waals surface area contributed by atoms with Crippen LogP contribution in [0.5, 0.6) is 0 Å². The molecule has 1 aromatic heterocycles. The number of aromatic nitrogens is 3. The molecule has 3 aromatic rings. The van der Waals surface area contributed by atoms with E-state index in [0.29, 0.717) is 41.5 Å². The van der Waals surface area contributed by atoms with E-state index in [1.165, 1.54) is 5.56 Å². The molecule has 0 saturated heterocycles. The fourth-order valence-corrected chi connectivity index (χ4v) is 8.02. The third-order valence-electron chi connectivity index (χ3n) is 11.1. The van der Waals surface area contributed by atoms with Gasteiger partial charge in [0, 0.05) is 29.6 Å². The third kappa shape index (κ3) is 7.67. The van der Waals surface area contributed by atoms with Crippen LogP contribution >= 0.6 is 0 Å². The molecule has 1 aliphatic heterocycles. The Morgan fingerprint density at radius 1 is 1.04 bits per heavy atom. The molecule has 4 unspecified atom stereocenters. The SMILES string of the molecule is [C-]#[N+]C1C(=Nc2ccc(N(CC)C(=C)N)cc2C)n2nc(-c3ccc(C(C)(C)C)cc3)nc2C1C(=O)OC1C(C(C)(C)C)CC(C)CC1C(C)(C)C. The number of carbonyl (C=O) groups is 1. The molecule has 2 aromatic carbocycles. The van der Waals surface area contributed by atoms with Gasteiger partial charge in [-0.15, -0.1) is 5.10 Å². The van der Waals surface area contributed by atoms with Crippen LogP contribution in [0.3, 0.4) is 0 Å².